The largest absolute Gasteiger partial charge is 0.294 e. The zero-order valence-electron chi connectivity index (χ0n) is 23.8. The van der Waals surface area contributed by atoms with E-state index in [0.29, 0.717) is 44.6 Å². The Morgan fingerprint density at radius 1 is 0.667 bits per heavy atom. The molecule has 0 amide bonds. The number of ketones is 3. The summed E-state index contributed by atoms with van der Waals surface area (Å²) in [6.07, 6.45) is 0. The van der Waals surface area contributed by atoms with E-state index in [2.05, 4.69) is 0 Å². The molecule has 0 N–H and O–H groups in total. The third-order valence-electron chi connectivity index (χ3n) is 7.28. The van der Waals surface area contributed by atoms with Crippen molar-refractivity contribution in [3.05, 3.63) is 91.6 Å². The normalized spacial score (nSPS) is 22.0. The summed E-state index contributed by atoms with van der Waals surface area (Å²) in [4.78, 5) is 56.4. The van der Waals surface area contributed by atoms with Crippen molar-refractivity contribution in [2.45, 2.75) is 39.5 Å². The van der Waals surface area contributed by atoms with Gasteiger partial charge in [0.15, 0.2) is 11.6 Å². The summed E-state index contributed by atoms with van der Waals surface area (Å²) in [7, 11) is 0. The molecule has 2 aliphatic carbocycles. The fourth-order valence-corrected chi connectivity index (χ4v) is 9.68. The maximum atomic E-state index is 14.9. The summed E-state index contributed by atoms with van der Waals surface area (Å²) in [5, 5.41) is -0.737. The Morgan fingerprint density at radius 2 is 1.19 bits per heavy atom. The minimum Gasteiger partial charge on any atom is -0.294 e. The van der Waals surface area contributed by atoms with Crippen molar-refractivity contribution in [1.82, 2.24) is 0 Å². The number of hydrogen-bond donors (Lipinski definition) is 0. The van der Waals surface area contributed by atoms with Crippen molar-refractivity contribution in [3.63, 3.8) is 0 Å². The van der Waals surface area contributed by atoms with Gasteiger partial charge in [0.25, 0.3) is 5.12 Å². The van der Waals surface area contributed by atoms with Crippen LogP contribution in [0.25, 0.3) is 0 Å². The van der Waals surface area contributed by atoms with E-state index in [1.54, 1.807) is 31.2 Å². The number of Topliss-reactive ketones (excluding diaryl/α,β-unsaturated/α-hetero) is 3. The van der Waals surface area contributed by atoms with E-state index in [1.807, 2.05) is 20.8 Å². The quantitative estimate of drug-likeness (QED) is 0.139. The minimum absolute atomic E-state index is 0.214. The summed E-state index contributed by atoms with van der Waals surface area (Å²) in [6.45, 7) is 7.59. The highest BCUT2D eigenvalue weighted by Gasteiger charge is 2.58. The van der Waals surface area contributed by atoms with Crippen LogP contribution in [0.15, 0.2) is 68.8 Å². The molecule has 2 bridgehead atoms. The fraction of sp³-hybridized carbons (Fsp3) is 0.375. The van der Waals surface area contributed by atoms with Gasteiger partial charge >= 0.3 is 0 Å². The number of carbonyl (C=O) groups is 4. The van der Waals surface area contributed by atoms with Crippen molar-refractivity contribution in [2.24, 2.45) is 11.8 Å². The van der Waals surface area contributed by atoms with E-state index >= 15 is 0 Å². The fourth-order valence-electron chi connectivity index (χ4n) is 5.77. The lowest BCUT2D eigenvalue weighted by Crippen LogP contribution is -2.49. The van der Waals surface area contributed by atoms with Crippen LogP contribution in [-0.2, 0) is 19.2 Å². The molecule has 222 valence electrons. The van der Waals surface area contributed by atoms with E-state index < -0.39 is 52.0 Å². The van der Waals surface area contributed by atoms with Gasteiger partial charge in [0.2, 0.25) is 5.78 Å². The number of rotatable bonds is 11. The molecule has 0 radical (unpaired) electrons. The Bertz CT molecular complexity index is 1430. The molecule has 4 atom stereocenters. The van der Waals surface area contributed by atoms with E-state index in [-0.39, 0.29) is 11.4 Å². The first-order valence-corrected chi connectivity index (χ1v) is 17.8. The van der Waals surface area contributed by atoms with Crippen molar-refractivity contribution < 1.29 is 28.0 Å². The standard InChI is InChI=1S/C32H32F2O4S4/c1-5-39-30-24-21(17-9-13-19(33)14-10-17)23(27(35)26(30)29(37)31(38)40-6-2)22(18-11-15-20(34)16-12-18)25(28(24)36)32(41-7-3)42-8-4/h9-16,21-24H,5-8H2,1-4H3. The number of hydrogen-bond acceptors (Lipinski definition) is 8. The number of benzene rings is 2. The molecule has 2 aromatic carbocycles. The topological polar surface area (TPSA) is 68.3 Å². The highest BCUT2D eigenvalue weighted by Crippen LogP contribution is 2.60. The third-order valence-corrected chi connectivity index (χ3v) is 11.3. The summed E-state index contributed by atoms with van der Waals surface area (Å²) in [5.41, 5.74) is 1.44. The molecule has 0 saturated heterocycles. The number of fused-ring (bicyclic) bond motifs is 2. The molecule has 0 spiro atoms. The first-order chi connectivity index (χ1) is 20.2. The van der Waals surface area contributed by atoms with Crippen LogP contribution in [0.5, 0.6) is 0 Å². The van der Waals surface area contributed by atoms with Gasteiger partial charge in [0.1, 0.15) is 11.6 Å². The molecule has 2 aliphatic rings. The Morgan fingerprint density at radius 3 is 1.69 bits per heavy atom. The Labute approximate surface area is 262 Å². The van der Waals surface area contributed by atoms with Crippen molar-refractivity contribution in [1.29, 1.82) is 0 Å². The maximum Gasteiger partial charge on any atom is 0.260 e. The van der Waals surface area contributed by atoms with E-state index in [9.17, 15) is 28.0 Å². The summed E-state index contributed by atoms with van der Waals surface area (Å²) in [5.74, 6) is -3.66. The van der Waals surface area contributed by atoms with Gasteiger partial charge in [-0.05, 0) is 58.4 Å². The molecule has 4 unspecified atom stereocenters. The molecule has 42 heavy (non-hydrogen) atoms. The van der Waals surface area contributed by atoms with Gasteiger partial charge in [0.05, 0.1) is 11.5 Å². The molecule has 2 aromatic rings. The van der Waals surface area contributed by atoms with Gasteiger partial charge in [-0.25, -0.2) is 8.78 Å². The van der Waals surface area contributed by atoms with E-state index in [1.165, 1.54) is 59.6 Å². The summed E-state index contributed by atoms with van der Waals surface area (Å²) in [6, 6.07) is 11.5. The van der Waals surface area contributed by atoms with Gasteiger partial charge in [-0.2, -0.15) is 0 Å². The zero-order valence-corrected chi connectivity index (χ0v) is 27.0. The van der Waals surface area contributed by atoms with E-state index in [0.717, 1.165) is 16.0 Å². The van der Waals surface area contributed by atoms with Crippen LogP contribution in [0.3, 0.4) is 0 Å². The molecule has 10 heteroatoms. The van der Waals surface area contributed by atoms with Crippen LogP contribution in [-0.4, -0.2) is 45.5 Å². The van der Waals surface area contributed by atoms with Crippen LogP contribution in [0.2, 0.25) is 0 Å². The summed E-state index contributed by atoms with van der Waals surface area (Å²) < 4.78 is 29.0. The first kappa shape index (κ1) is 32.8. The van der Waals surface area contributed by atoms with Crippen LogP contribution >= 0.6 is 47.0 Å². The smallest absolute Gasteiger partial charge is 0.260 e. The SMILES string of the molecule is CCSC(=O)C(=O)C1=C(SCC)C2C(=O)C(=C(SCC)SCC)C(c3ccc(F)cc3)C(C1=O)C2c1ccc(F)cc1. The lowest BCUT2D eigenvalue weighted by molar-refractivity contribution is -0.133. The molecular formula is C32H32F2O4S4. The second-order valence-electron chi connectivity index (χ2n) is 9.63. The predicted octanol–water partition coefficient (Wildman–Crippen LogP) is 7.80. The Kier molecular flexibility index (Phi) is 11.4. The van der Waals surface area contributed by atoms with Gasteiger partial charge in [0, 0.05) is 32.5 Å². The minimum atomic E-state index is -0.942. The highest BCUT2D eigenvalue weighted by molar-refractivity contribution is 8.22. The molecule has 0 aromatic heterocycles. The average molecular weight is 647 g/mol. The van der Waals surface area contributed by atoms with Crippen LogP contribution in [0.1, 0.15) is 50.7 Å². The Balaban J connectivity index is 2.11. The molecule has 1 fully saturated rings. The molecule has 4 nitrogen and oxygen atoms in total. The van der Waals surface area contributed by atoms with Gasteiger partial charge in [-0.3, -0.25) is 19.2 Å². The Hall–Kier alpha value is -2.14. The first-order valence-electron chi connectivity index (χ1n) is 13.9. The molecule has 4 rings (SSSR count). The van der Waals surface area contributed by atoms with Crippen molar-refractivity contribution in [3.8, 4) is 0 Å². The molecule has 0 aliphatic heterocycles. The average Bonchev–Trinajstić information content (AvgIpc) is 2.97. The number of allylic oxidation sites excluding steroid dienone is 3. The van der Waals surface area contributed by atoms with Crippen LogP contribution < -0.4 is 0 Å². The van der Waals surface area contributed by atoms with E-state index in [4.69, 9.17) is 0 Å². The monoisotopic (exact) mass is 646 g/mol. The van der Waals surface area contributed by atoms with Crippen LogP contribution in [0.4, 0.5) is 8.78 Å². The van der Waals surface area contributed by atoms with Gasteiger partial charge < -0.3 is 0 Å². The van der Waals surface area contributed by atoms with Crippen LogP contribution in [0, 0.1) is 23.5 Å². The lowest BCUT2D eigenvalue weighted by Gasteiger charge is -2.48. The second-order valence-corrected chi connectivity index (χ2v) is 15.0. The van der Waals surface area contributed by atoms with Crippen molar-refractivity contribution in [2.75, 3.05) is 23.0 Å². The van der Waals surface area contributed by atoms with Gasteiger partial charge in [-0.15, -0.1) is 35.3 Å². The highest BCUT2D eigenvalue weighted by atomic mass is 32.2. The molecule has 1 saturated carbocycles. The zero-order chi connectivity index (χ0) is 30.6. The maximum absolute atomic E-state index is 14.9. The van der Waals surface area contributed by atoms with Crippen molar-refractivity contribution >= 4 is 69.5 Å². The second kappa shape index (κ2) is 14.6. The molecule has 0 heterocycles. The number of carbonyl (C=O) groups excluding carboxylic acids is 4. The number of halogens is 2. The number of thioether (sulfide) groups is 4. The summed E-state index contributed by atoms with van der Waals surface area (Å²) >= 11 is 5.12. The molecular weight excluding hydrogens is 615 g/mol. The third kappa shape index (κ3) is 6.37. The predicted molar refractivity (Wildman–Crippen MR) is 172 cm³/mol. The van der Waals surface area contributed by atoms with Gasteiger partial charge in [-0.1, -0.05) is 63.7 Å². The lowest BCUT2D eigenvalue weighted by atomic mass is 9.55.